The van der Waals surface area contributed by atoms with Crippen LogP contribution in [0.5, 0.6) is 5.75 Å². The molecule has 0 radical (unpaired) electrons. The number of aliphatic hydroxyl groups excluding tert-OH is 1. The Morgan fingerprint density at radius 2 is 2.10 bits per heavy atom. The minimum atomic E-state index is -3.14. The number of nitro groups is 1. The first-order valence-electron chi connectivity index (χ1n) is 6.65. The van der Waals surface area contributed by atoms with E-state index < -0.39 is 29.1 Å². The van der Waals surface area contributed by atoms with E-state index in [1.165, 1.54) is 6.07 Å². The van der Waals surface area contributed by atoms with Crippen LogP contribution in [0.4, 0.5) is 20.2 Å². The van der Waals surface area contributed by atoms with Gasteiger partial charge in [-0.2, -0.15) is 8.78 Å². The second-order valence-corrected chi connectivity index (χ2v) is 4.92. The predicted octanol–water partition coefficient (Wildman–Crippen LogP) is 2.91. The van der Waals surface area contributed by atoms with E-state index in [1.54, 1.807) is 0 Å². The molecular formula is C13H16F2N2O4. The summed E-state index contributed by atoms with van der Waals surface area (Å²) >= 11 is 0. The van der Waals surface area contributed by atoms with Gasteiger partial charge < -0.3 is 15.2 Å². The van der Waals surface area contributed by atoms with Crippen molar-refractivity contribution in [3.8, 4) is 5.75 Å². The number of hydrogen-bond acceptors (Lipinski definition) is 5. The number of benzene rings is 1. The summed E-state index contributed by atoms with van der Waals surface area (Å²) in [5.41, 5.74) is -0.118. The van der Waals surface area contributed by atoms with Crippen LogP contribution in [-0.4, -0.2) is 28.8 Å². The van der Waals surface area contributed by atoms with Crippen molar-refractivity contribution in [1.29, 1.82) is 0 Å². The monoisotopic (exact) mass is 302 g/mol. The first-order chi connectivity index (χ1) is 9.97. The van der Waals surface area contributed by atoms with Gasteiger partial charge in [0.05, 0.1) is 17.1 Å². The topological polar surface area (TPSA) is 84.6 Å². The number of hydrogen-bond donors (Lipinski definition) is 2. The summed E-state index contributed by atoms with van der Waals surface area (Å²) < 4.78 is 28.8. The zero-order valence-electron chi connectivity index (χ0n) is 11.2. The lowest BCUT2D eigenvalue weighted by molar-refractivity contribution is -0.386. The zero-order valence-corrected chi connectivity index (χ0v) is 11.2. The summed E-state index contributed by atoms with van der Waals surface area (Å²) in [7, 11) is 0. The van der Waals surface area contributed by atoms with Gasteiger partial charge in [-0.3, -0.25) is 10.1 Å². The Balaban J connectivity index is 2.18. The van der Waals surface area contributed by atoms with E-state index in [9.17, 15) is 24.0 Å². The van der Waals surface area contributed by atoms with Crippen molar-refractivity contribution in [2.45, 2.75) is 44.4 Å². The maximum atomic E-state index is 12.3. The van der Waals surface area contributed by atoms with Crippen LogP contribution >= 0.6 is 0 Å². The molecule has 21 heavy (non-hydrogen) atoms. The summed E-state index contributed by atoms with van der Waals surface area (Å²) in [5.74, 6) is -0.495. The van der Waals surface area contributed by atoms with Crippen LogP contribution in [-0.2, 0) is 0 Å². The second-order valence-electron chi connectivity index (χ2n) is 4.92. The molecule has 1 aliphatic rings. The maximum Gasteiger partial charge on any atom is 0.387 e. The largest absolute Gasteiger partial charge is 0.427 e. The minimum absolute atomic E-state index is 0.195. The van der Waals surface area contributed by atoms with Gasteiger partial charge in [-0.15, -0.1) is 0 Å². The number of nitrogens with one attached hydrogen (secondary N) is 1. The first-order valence-corrected chi connectivity index (χ1v) is 6.65. The van der Waals surface area contributed by atoms with Gasteiger partial charge in [0.2, 0.25) is 5.75 Å². The van der Waals surface area contributed by atoms with E-state index >= 15 is 0 Å². The van der Waals surface area contributed by atoms with Crippen molar-refractivity contribution in [3.05, 3.63) is 28.3 Å². The highest BCUT2D eigenvalue weighted by Crippen LogP contribution is 2.32. The van der Waals surface area contributed by atoms with Crippen LogP contribution in [0, 0.1) is 10.1 Å². The average Bonchev–Trinajstić information content (AvgIpc) is 2.40. The highest BCUT2D eigenvalue weighted by molar-refractivity contribution is 5.58. The molecule has 116 valence electrons. The van der Waals surface area contributed by atoms with Crippen LogP contribution < -0.4 is 10.1 Å². The van der Waals surface area contributed by atoms with E-state index in [2.05, 4.69) is 10.1 Å². The van der Waals surface area contributed by atoms with Gasteiger partial charge in [0.15, 0.2) is 0 Å². The quantitative estimate of drug-likeness (QED) is 0.645. The molecule has 1 fully saturated rings. The first kappa shape index (κ1) is 15.4. The summed E-state index contributed by atoms with van der Waals surface area (Å²) in [5, 5.41) is 23.7. The van der Waals surface area contributed by atoms with Crippen LogP contribution in [0.15, 0.2) is 18.2 Å². The van der Waals surface area contributed by atoms with Crippen LogP contribution in [0.2, 0.25) is 0 Å². The van der Waals surface area contributed by atoms with E-state index in [1.807, 2.05) is 0 Å². The highest BCUT2D eigenvalue weighted by Gasteiger charge is 2.24. The van der Waals surface area contributed by atoms with Crippen molar-refractivity contribution in [1.82, 2.24) is 0 Å². The molecule has 0 bridgehead atoms. The molecule has 8 heteroatoms. The molecule has 1 aromatic carbocycles. The van der Waals surface area contributed by atoms with Crippen molar-refractivity contribution >= 4 is 11.4 Å². The SMILES string of the molecule is O=[N+]([O-])c1ccc(N[C@H]2CCCC[C@@H]2O)cc1OC(F)F. The molecule has 2 atom stereocenters. The third-order valence-electron chi connectivity index (χ3n) is 3.45. The van der Waals surface area contributed by atoms with Gasteiger partial charge in [0, 0.05) is 17.8 Å². The van der Waals surface area contributed by atoms with E-state index in [0.717, 1.165) is 31.4 Å². The minimum Gasteiger partial charge on any atom is -0.427 e. The lowest BCUT2D eigenvalue weighted by Gasteiger charge is -2.29. The Bertz CT molecular complexity index is 513. The molecule has 1 aliphatic carbocycles. The Morgan fingerprint density at radius 3 is 2.71 bits per heavy atom. The highest BCUT2D eigenvalue weighted by atomic mass is 19.3. The molecule has 0 amide bonds. The zero-order chi connectivity index (χ0) is 15.4. The van der Waals surface area contributed by atoms with Gasteiger partial charge in [-0.05, 0) is 18.9 Å². The molecule has 1 aromatic rings. The van der Waals surface area contributed by atoms with Gasteiger partial charge >= 0.3 is 12.3 Å². The van der Waals surface area contributed by atoms with E-state index in [4.69, 9.17) is 0 Å². The van der Waals surface area contributed by atoms with Crippen molar-refractivity contribution in [2.75, 3.05) is 5.32 Å². The molecule has 1 saturated carbocycles. The Kier molecular flexibility index (Phi) is 4.89. The lowest BCUT2D eigenvalue weighted by atomic mass is 9.92. The second kappa shape index (κ2) is 6.66. The smallest absolute Gasteiger partial charge is 0.387 e. The molecule has 0 heterocycles. The summed E-state index contributed by atoms with van der Waals surface area (Å²) in [4.78, 5) is 10.00. The fourth-order valence-electron chi connectivity index (χ4n) is 2.44. The third-order valence-corrected chi connectivity index (χ3v) is 3.45. The molecule has 0 aliphatic heterocycles. The fourth-order valence-corrected chi connectivity index (χ4v) is 2.44. The summed E-state index contributed by atoms with van der Waals surface area (Å²) in [6.45, 7) is -3.14. The number of aliphatic hydroxyl groups is 1. The van der Waals surface area contributed by atoms with Gasteiger partial charge in [-0.25, -0.2) is 0 Å². The van der Waals surface area contributed by atoms with Crippen LogP contribution in [0.3, 0.4) is 0 Å². The molecular weight excluding hydrogens is 286 g/mol. The van der Waals surface area contributed by atoms with Gasteiger partial charge in [0.25, 0.3) is 0 Å². The molecule has 2 rings (SSSR count). The fraction of sp³-hybridized carbons (Fsp3) is 0.538. The number of alkyl halides is 2. The number of halogens is 2. The van der Waals surface area contributed by atoms with Crippen molar-refractivity contribution < 1.29 is 23.5 Å². The Morgan fingerprint density at radius 1 is 1.38 bits per heavy atom. The number of anilines is 1. The number of ether oxygens (including phenoxy) is 1. The Labute approximate surface area is 119 Å². The average molecular weight is 302 g/mol. The number of nitrogens with zero attached hydrogens (tertiary/aromatic N) is 1. The van der Waals surface area contributed by atoms with Gasteiger partial charge in [-0.1, -0.05) is 12.8 Å². The summed E-state index contributed by atoms with van der Waals surface area (Å²) in [6, 6.07) is 3.48. The molecule has 0 saturated heterocycles. The lowest BCUT2D eigenvalue weighted by Crippen LogP contribution is -2.36. The standard InChI is InChI=1S/C13H16F2N2O4/c14-13(15)21-12-7-8(5-6-10(12)17(19)20)16-9-3-1-2-4-11(9)18/h5-7,9,11,13,16,18H,1-4H2/t9-,11-/m0/s1. The Hall–Kier alpha value is -1.96. The molecule has 0 unspecified atom stereocenters. The van der Waals surface area contributed by atoms with E-state index in [0.29, 0.717) is 12.1 Å². The van der Waals surface area contributed by atoms with Gasteiger partial charge in [0.1, 0.15) is 0 Å². The molecule has 2 N–H and O–H groups in total. The normalized spacial score (nSPS) is 22.1. The van der Waals surface area contributed by atoms with Crippen molar-refractivity contribution in [3.63, 3.8) is 0 Å². The number of nitro benzene ring substituents is 1. The van der Waals surface area contributed by atoms with Crippen LogP contribution in [0.1, 0.15) is 25.7 Å². The molecule has 0 spiro atoms. The maximum absolute atomic E-state index is 12.3. The van der Waals surface area contributed by atoms with Crippen molar-refractivity contribution in [2.24, 2.45) is 0 Å². The van der Waals surface area contributed by atoms with E-state index in [-0.39, 0.29) is 6.04 Å². The molecule has 0 aromatic heterocycles. The molecule has 6 nitrogen and oxygen atoms in total. The number of rotatable bonds is 5. The predicted molar refractivity (Wildman–Crippen MR) is 71.6 cm³/mol. The van der Waals surface area contributed by atoms with Crippen LogP contribution in [0.25, 0.3) is 0 Å². The third kappa shape index (κ3) is 4.01. The summed E-state index contributed by atoms with van der Waals surface area (Å²) in [6.07, 6.45) is 2.81.